The molecule has 0 aliphatic carbocycles. The molecule has 1 fully saturated rings. The number of ketones is 1. The largest absolute Gasteiger partial charge is 0.455 e. The number of carbonyl (C=O) groups is 1. The molecule has 0 bridgehead atoms. The van der Waals surface area contributed by atoms with Crippen molar-refractivity contribution < 1.29 is 22.0 Å². The van der Waals surface area contributed by atoms with E-state index in [9.17, 15) is 17.6 Å². The van der Waals surface area contributed by atoms with Crippen LogP contribution in [0.5, 0.6) is 0 Å². The van der Waals surface area contributed by atoms with E-state index in [0.717, 1.165) is 37.8 Å². The summed E-state index contributed by atoms with van der Waals surface area (Å²) in [5.41, 5.74) is 2.89. The summed E-state index contributed by atoms with van der Waals surface area (Å²) < 4.78 is 45.6. The van der Waals surface area contributed by atoms with Crippen molar-refractivity contribution >= 4 is 32.5 Å². The number of benzene rings is 2. The lowest BCUT2D eigenvalue weighted by atomic mass is 9.88. The molecule has 32 heavy (non-hydrogen) atoms. The van der Waals surface area contributed by atoms with E-state index in [1.807, 2.05) is 6.07 Å². The molecule has 0 amide bonds. The standard InChI is InChI=1S/C24H27FN2O4S/c1-4-21(28)23-19-12-18(16-6-5-11-26-14-16)20(27(2)32(3,29)30)13-22(19)31-24(23)15-7-9-17(25)10-8-15/h7-10,12-13,16,26H,4-6,11,14H2,1-3H3. The van der Waals surface area contributed by atoms with Crippen molar-refractivity contribution in [3.63, 3.8) is 0 Å². The molecule has 0 spiro atoms. The average Bonchev–Trinajstić information content (AvgIpc) is 3.16. The van der Waals surface area contributed by atoms with Crippen LogP contribution < -0.4 is 9.62 Å². The molecule has 6 nitrogen and oxygen atoms in total. The van der Waals surface area contributed by atoms with E-state index in [1.54, 1.807) is 25.1 Å². The minimum Gasteiger partial charge on any atom is -0.455 e. The zero-order valence-corrected chi connectivity index (χ0v) is 19.3. The third kappa shape index (κ3) is 4.17. The maximum Gasteiger partial charge on any atom is 0.232 e. The molecule has 1 aliphatic rings. The zero-order valence-electron chi connectivity index (χ0n) is 18.4. The molecule has 4 rings (SSSR count). The van der Waals surface area contributed by atoms with Gasteiger partial charge in [0.2, 0.25) is 10.0 Å². The number of nitrogens with zero attached hydrogens (tertiary/aromatic N) is 1. The molecule has 1 aliphatic heterocycles. The summed E-state index contributed by atoms with van der Waals surface area (Å²) in [4.78, 5) is 13.0. The minimum atomic E-state index is -3.50. The van der Waals surface area contributed by atoms with Crippen LogP contribution in [0.4, 0.5) is 10.1 Å². The topological polar surface area (TPSA) is 79.6 Å². The molecule has 2 heterocycles. The van der Waals surface area contributed by atoms with Gasteiger partial charge in [0.05, 0.1) is 17.5 Å². The molecular weight excluding hydrogens is 431 g/mol. The highest BCUT2D eigenvalue weighted by Gasteiger charge is 2.28. The summed E-state index contributed by atoms with van der Waals surface area (Å²) in [6.07, 6.45) is 3.35. The van der Waals surface area contributed by atoms with Gasteiger partial charge in [0, 0.05) is 37.0 Å². The van der Waals surface area contributed by atoms with Crippen LogP contribution in [0.1, 0.15) is 48.0 Å². The summed E-state index contributed by atoms with van der Waals surface area (Å²) in [5.74, 6) is 0.0252. The average molecular weight is 459 g/mol. The summed E-state index contributed by atoms with van der Waals surface area (Å²) in [7, 11) is -1.98. The second kappa shape index (κ2) is 8.67. The molecule has 1 unspecified atom stereocenters. The van der Waals surface area contributed by atoms with Gasteiger partial charge in [0.1, 0.15) is 17.2 Å². The third-order valence-corrected chi connectivity index (χ3v) is 7.31. The number of halogens is 1. The molecule has 170 valence electrons. The Morgan fingerprint density at radius 3 is 2.56 bits per heavy atom. The number of piperidine rings is 1. The summed E-state index contributed by atoms with van der Waals surface area (Å²) in [6.45, 7) is 3.44. The van der Waals surface area contributed by atoms with Crippen LogP contribution in [0.25, 0.3) is 22.3 Å². The lowest BCUT2D eigenvalue weighted by molar-refractivity contribution is 0.0989. The van der Waals surface area contributed by atoms with Crippen LogP contribution in [0.2, 0.25) is 0 Å². The van der Waals surface area contributed by atoms with E-state index in [0.29, 0.717) is 33.5 Å². The van der Waals surface area contributed by atoms with Gasteiger partial charge in [-0.3, -0.25) is 9.10 Å². The number of sulfonamides is 1. The third-order valence-electron chi connectivity index (χ3n) is 6.12. The molecule has 2 aromatic carbocycles. The molecule has 0 saturated carbocycles. The molecule has 0 radical (unpaired) electrons. The Morgan fingerprint density at radius 2 is 1.97 bits per heavy atom. The molecule has 1 aromatic heterocycles. The van der Waals surface area contributed by atoms with Gasteiger partial charge < -0.3 is 9.73 Å². The number of Topliss-reactive ketones (excluding diaryl/α,β-unsaturated/α-hetero) is 1. The molecule has 1 atom stereocenters. The SMILES string of the molecule is CCC(=O)c1c(-c2ccc(F)cc2)oc2cc(N(C)S(C)(=O)=O)c(C3CCCNC3)cc12. The Kier molecular flexibility index (Phi) is 6.09. The van der Waals surface area contributed by atoms with Crippen LogP contribution in [0.15, 0.2) is 40.8 Å². The number of fused-ring (bicyclic) bond motifs is 1. The monoisotopic (exact) mass is 458 g/mol. The van der Waals surface area contributed by atoms with Crippen LogP contribution in [0, 0.1) is 5.82 Å². The lowest BCUT2D eigenvalue weighted by Crippen LogP contribution is -2.31. The van der Waals surface area contributed by atoms with Crippen molar-refractivity contribution in [1.82, 2.24) is 5.32 Å². The zero-order chi connectivity index (χ0) is 23.0. The van der Waals surface area contributed by atoms with Gasteiger partial charge in [0.25, 0.3) is 0 Å². The van der Waals surface area contributed by atoms with Crippen molar-refractivity contribution in [2.75, 3.05) is 30.7 Å². The number of hydrogen-bond donors (Lipinski definition) is 1. The van der Waals surface area contributed by atoms with Crippen LogP contribution in [0.3, 0.4) is 0 Å². The summed E-state index contributed by atoms with van der Waals surface area (Å²) in [6, 6.07) is 9.42. The Balaban J connectivity index is 2.00. The molecular formula is C24H27FN2O4S. The van der Waals surface area contributed by atoms with Crippen LogP contribution in [-0.4, -0.2) is 40.6 Å². The van der Waals surface area contributed by atoms with Crippen molar-refractivity contribution in [3.05, 3.63) is 53.3 Å². The van der Waals surface area contributed by atoms with Gasteiger partial charge in [-0.15, -0.1) is 0 Å². The van der Waals surface area contributed by atoms with Gasteiger partial charge in [0.15, 0.2) is 5.78 Å². The lowest BCUT2D eigenvalue weighted by Gasteiger charge is -2.28. The molecule has 1 saturated heterocycles. The van der Waals surface area contributed by atoms with E-state index < -0.39 is 10.0 Å². The fraction of sp³-hybridized carbons (Fsp3) is 0.375. The Labute approximate surface area is 187 Å². The van der Waals surface area contributed by atoms with Crippen molar-refractivity contribution in [2.24, 2.45) is 0 Å². The second-order valence-corrected chi connectivity index (χ2v) is 10.3. The number of furan rings is 1. The van der Waals surface area contributed by atoms with E-state index in [-0.39, 0.29) is 23.9 Å². The van der Waals surface area contributed by atoms with Gasteiger partial charge in [-0.25, -0.2) is 12.8 Å². The molecule has 8 heteroatoms. The first kappa shape index (κ1) is 22.5. The molecule has 3 aromatic rings. The number of carbonyl (C=O) groups excluding carboxylic acids is 1. The Bertz CT molecular complexity index is 1260. The minimum absolute atomic E-state index is 0.0833. The normalized spacial score (nSPS) is 16.9. The van der Waals surface area contributed by atoms with Crippen molar-refractivity contribution in [2.45, 2.75) is 32.1 Å². The van der Waals surface area contributed by atoms with E-state index in [4.69, 9.17) is 4.42 Å². The highest BCUT2D eigenvalue weighted by atomic mass is 32.2. The maximum atomic E-state index is 13.5. The first-order valence-electron chi connectivity index (χ1n) is 10.7. The first-order valence-corrected chi connectivity index (χ1v) is 12.6. The fourth-order valence-electron chi connectivity index (χ4n) is 4.30. The maximum absolute atomic E-state index is 13.5. The quantitative estimate of drug-likeness (QED) is 0.542. The number of hydrogen-bond acceptors (Lipinski definition) is 5. The van der Waals surface area contributed by atoms with Gasteiger partial charge in [-0.05, 0) is 61.2 Å². The van der Waals surface area contributed by atoms with Crippen LogP contribution in [-0.2, 0) is 10.0 Å². The van der Waals surface area contributed by atoms with E-state index in [2.05, 4.69) is 5.32 Å². The Hall–Kier alpha value is -2.71. The number of nitrogens with one attached hydrogen (secondary N) is 1. The van der Waals surface area contributed by atoms with Gasteiger partial charge in [-0.1, -0.05) is 6.92 Å². The van der Waals surface area contributed by atoms with Gasteiger partial charge in [-0.2, -0.15) is 0 Å². The Morgan fingerprint density at radius 1 is 1.25 bits per heavy atom. The van der Waals surface area contributed by atoms with Gasteiger partial charge >= 0.3 is 0 Å². The summed E-state index contributed by atoms with van der Waals surface area (Å²) in [5, 5.41) is 4.03. The van der Waals surface area contributed by atoms with Crippen LogP contribution >= 0.6 is 0 Å². The van der Waals surface area contributed by atoms with E-state index >= 15 is 0 Å². The second-order valence-electron chi connectivity index (χ2n) is 8.27. The number of anilines is 1. The molecule has 1 N–H and O–H groups in total. The smallest absolute Gasteiger partial charge is 0.232 e. The van der Waals surface area contributed by atoms with Crippen molar-refractivity contribution in [1.29, 1.82) is 0 Å². The van der Waals surface area contributed by atoms with Crippen molar-refractivity contribution in [3.8, 4) is 11.3 Å². The predicted molar refractivity (Wildman–Crippen MR) is 124 cm³/mol. The summed E-state index contributed by atoms with van der Waals surface area (Å²) >= 11 is 0. The fourth-order valence-corrected chi connectivity index (χ4v) is 4.82. The first-order chi connectivity index (χ1) is 15.2. The number of rotatable bonds is 6. The highest BCUT2D eigenvalue weighted by Crippen LogP contribution is 2.41. The highest BCUT2D eigenvalue weighted by molar-refractivity contribution is 7.92. The van der Waals surface area contributed by atoms with E-state index in [1.165, 1.54) is 23.5 Å². The predicted octanol–water partition coefficient (Wildman–Crippen LogP) is 4.69.